The molecule has 1 amide bonds. The standard InChI is InChI=1S/C31H36Cl2N2O.C2H6/c1-3-35(21-19-31(2)18-17-23-7-5-4-6-8-28(23)31)22-20-34-30(36)29(24-9-13-26(32)14-10-24)25-11-15-27(33)16-12-25;1-2/h6,8-18,29H,3-5,7,19-22H2,1-2H3,(H,34,36);1-2H3. The molecule has 0 heterocycles. The monoisotopic (exact) mass is 552 g/mol. The molecule has 0 aromatic heterocycles. The lowest BCUT2D eigenvalue weighted by molar-refractivity contribution is -0.121. The van der Waals surface area contributed by atoms with Crippen molar-refractivity contribution < 1.29 is 4.79 Å². The van der Waals surface area contributed by atoms with E-state index in [9.17, 15) is 4.79 Å². The number of allylic oxidation sites excluding steroid dienone is 6. The first kappa shape index (κ1) is 30.2. The second kappa shape index (κ2) is 14.7. The molecule has 1 atom stereocenters. The molecule has 38 heavy (non-hydrogen) atoms. The zero-order chi connectivity index (χ0) is 27.5. The Kier molecular flexibility index (Phi) is 11.7. The fourth-order valence-corrected chi connectivity index (χ4v) is 5.49. The van der Waals surface area contributed by atoms with Crippen molar-refractivity contribution in [1.29, 1.82) is 0 Å². The summed E-state index contributed by atoms with van der Waals surface area (Å²) in [6, 6.07) is 15.0. The van der Waals surface area contributed by atoms with Gasteiger partial charge in [-0.15, -0.1) is 0 Å². The summed E-state index contributed by atoms with van der Waals surface area (Å²) < 4.78 is 0. The molecular weight excluding hydrogens is 511 g/mol. The van der Waals surface area contributed by atoms with Gasteiger partial charge in [0.05, 0.1) is 5.92 Å². The van der Waals surface area contributed by atoms with Gasteiger partial charge in [-0.05, 0) is 85.3 Å². The Balaban J connectivity index is 0.00000195. The van der Waals surface area contributed by atoms with Crippen LogP contribution in [0.25, 0.3) is 0 Å². The van der Waals surface area contributed by atoms with Crippen LogP contribution in [0.3, 0.4) is 0 Å². The lowest BCUT2D eigenvalue weighted by atomic mass is 9.80. The SMILES string of the molecule is CC.CCN(CCNC(=O)C(c1ccc(Cl)cc1)c1ccc(Cl)cc1)CCC1(C)C=CC2=C1C=CCCC2. The van der Waals surface area contributed by atoms with Crippen LogP contribution in [0.4, 0.5) is 0 Å². The maximum atomic E-state index is 13.4. The smallest absolute Gasteiger partial charge is 0.232 e. The molecule has 1 N–H and O–H groups in total. The number of hydrogen-bond acceptors (Lipinski definition) is 2. The largest absolute Gasteiger partial charge is 0.354 e. The topological polar surface area (TPSA) is 32.3 Å². The second-order valence-electron chi connectivity index (χ2n) is 10.00. The quantitative estimate of drug-likeness (QED) is 0.320. The zero-order valence-corrected chi connectivity index (χ0v) is 24.8. The van der Waals surface area contributed by atoms with Crippen molar-refractivity contribution in [2.75, 3.05) is 26.2 Å². The average molecular weight is 554 g/mol. The van der Waals surface area contributed by atoms with E-state index >= 15 is 0 Å². The minimum absolute atomic E-state index is 0.0141. The van der Waals surface area contributed by atoms with E-state index in [0.29, 0.717) is 16.6 Å². The number of nitrogens with zero attached hydrogens (tertiary/aromatic N) is 1. The van der Waals surface area contributed by atoms with E-state index in [1.54, 1.807) is 0 Å². The molecule has 0 fully saturated rings. The first-order valence-corrected chi connectivity index (χ1v) is 14.8. The highest BCUT2D eigenvalue weighted by Crippen LogP contribution is 2.43. The Morgan fingerprint density at radius 1 is 0.974 bits per heavy atom. The molecule has 3 nitrogen and oxygen atoms in total. The lowest BCUT2D eigenvalue weighted by Crippen LogP contribution is -2.38. The number of carbonyl (C=O) groups is 1. The Morgan fingerprint density at radius 3 is 2.16 bits per heavy atom. The molecular formula is C33H42Cl2N2O. The first-order chi connectivity index (χ1) is 18.4. The van der Waals surface area contributed by atoms with E-state index in [0.717, 1.165) is 37.2 Å². The van der Waals surface area contributed by atoms with E-state index in [2.05, 4.69) is 48.4 Å². The van der Waals surface area contributed by atoms with Crippen LogP contribution in [0.15, 0.2) is 84.0 Å². The predicted octanol–water partition coefficient (Wildman–Crippen LogP) is 8.59. The van der Waals surface area contributed by atoms with Crippen LogP contribution in [0, 0.1) is 5.41 Å². The van der Waals surface area contributed by atoms with E-state index in [-0.39, 0.29) is 11.3 Å². The lowest BCUT2D eigenvalue weighted by Gasteiger charge is -2.30. The molecule has 0 aliphatic heterocycles. The van der Waals surface area contributed by atoms with Crippen LogP contribution in [-0.2, 0) is 4.79 Å². The maximum Gasteiger partial charge on any atom is 0.232 e. The molecule has 0 radical (unpaired) electrons. The fourth-order valence-electron chi connectivity index (χ4n) is 5.24. The van der Waals surface area contributed by atoms with Crippen molar-refractivity contribution in [3.05, 3.63) is 105 Å². The van der Waals surface area contributed by atoms with E-state index in [4.69, 9.17) is 23.2 Å². The van der Waals surface area contributed by atoms with Crippen LogP contribution in [0.1, 0.15) is 70.4 Å². The first-order valence-electron chi connectivity index (χ1n) is 14.0. The zero-order valence-electron chi connectivity index (χ0n) is 23.3. The normalized spacial score (nSPS) is 18.3. The highest BCUT2D eigenvalue weighted by Gasteiger charge is 2.31. The number of likely N-dealkylation sites (N-methyl/N-ethyl adjacent to an activating group) is 1. The molecule has 0 spiro atoms. The van der Waals surface area contributed by atoms with Gasteiger partial charge in [-0.3, -0.25) is 4.79 Å². The highest BCUT2D eigenvalue weighted by molar-refractivity contribution is 6.30. The molecule has 2 aromatic carbocycles. The van der Waals surface area contributed by atoms with Gasteiger partial charge in [-0.2, -0.15) is 0 Å². The van der Waals surface area contributed by atoms with Gasteiger partial charge in [0.1, 0.15) is 0 Å². The number of rotatable bonds is 10. The number of carbonyl (C=O) groups excluding carboxylic acids is 1. The summed E-state index contributed by atoms with van der Waals surface area (Å²) in [7, 11) is 0. The van der Waals surface area contributed by atoms with Gasteiger partial charge in [0.15, 0.2) is 0 Å². The second-order valence-corrected chi connectivity index (χ2v) is 10.9. The number of halogens is 2. The van der Waals surface area contributed by atoms with Crippen molar-refractivity contribution in [3.63, 3.8) is 0 Å². The molecule has 2 aliphatic rings. The number of nitrogens with one attached hydrogen (secondary N) is 1. The van der Waals surface area contributed by atoms with Crippen molar-refractivity contribution in [3.8, 4) is 0 Å². The van der Waals surface area contributed by atoms with Crippen molar-refractivity contribution in [2.45, 2.75) is 59.3 Å². The van der Waals surface area contributed by atoms with Crippen LogP contribution in [0.2, 0.25) is 10.0 Å². The minimum Gasteiger partial charge on any atom is -0.354 e. The van der Waals surface area contributed by atoms with Crippen LogP contribution in [0.5, 0.6) is 0 Å². The Bertz CT molecular complexity index is 1090. The van der Waals surface area contributed by atoms with Crippen molar-refractivity contribution in [1.82, 2.24) is 10.2 Å². The summed E-state index contributed by atoms with van der Waals surface area (Å²) >= 11 is 12.2. The average Bonchev–Trinajstić information content (AvgIpc) is 3.08. The fraction of sp³-hybridized carbons (Fsp3) is 0.424. The van der Waals surface area contributed by atoms with Gasteiger partial charge < -0.3 is 10.2 Å². The van der Waals surface area contributed by atoms with E-state index < -0.39 is 5.92 Å². The van der Waals surface area contributed by atoms with Crippen LogP contribution in [-0.4, -0.2) is 37.0 Å². The van der Waals surface area contributed by atoms with Gasteiger partial charge >= 0.3 is 0 Å². The molecule has 204 valence electrons. The van der Waals surface area contributed by atoms with E-state index in [1.807, 2.05) is 62.4 Å². The predicted molar refractivity (Wildman–Crippen MR) is 163 cm³/mol. The molecule has 2 aliphatic carbocycles. The van der Waals surface area contributed by atoms with Gasteiger partial charge in [0.25, 0.3) is 0 Å². The summed E-state index contributed by atoms with van der Waals surface area (Å²) in [5.74, 6) is -0.427. The minimum atomic E-state index is -0.412. The maximum absolute atomic E-state index is 13.4. The molecule has 0 saturated carbocycles. The van der Waals surface area contributed by atoms with Gasteiger partial charge in [0, 0.05) is 28.5 Å². The summed E-state index contributed by atoms with van der Waals surface area (Å²) in [6.45, 7) is 11.9. The summed E-state index contributed by atoms with van der Waals surface area (Å²) in [6.07, 6.45) is 14.1. The van der Waals surface area contributed by atoms with E-state index in [1.165, 1.54) is 30.4 Å². The van der Waals surface area contributed by atoms with Crippen molar-refractivity contribution in [2.24, 2.45) is 5.41 Å². The Labute approximate surface area is 239 Å². The molecule has 4 rings (SSSR count). The molecule has 2 aromatic rings. The summed E-state index contributed by atoms with van der Waals surface area (Å²) in [5.41, 5.74) is 4.93. The molecule has 0 saturated heterocycles. The summed E-state index contributed by atoms with van der Waals surface area (Å²) in [5, 5.41) is 4.49. The third kappa shape index (κ3) is 7.85. The Morgan fingerprint density at radius 2 is 1.58 bits per heavy atom. The molecule has 1 unspecified atom stereocenters. The molecule has 0 bridgehead atoms. The number of hydrogen-bond donors (Lipinski definition) is 1. The summed E-state index contributed by atoms with van der Waals surface area (Å²) in [4.78, 5) is 15.8. The van der Waals surface area contributed by atoms with Gasteiger partial charge in [0.2, 0.25) is 5.91 Å². The third-order valence-corrected chi connectivity index (χ3v) is 8.01. The third-order valence-electron chi connectivity index (χ3n) is 7.51. The van der Waals surface area contributed by atoms with Crippen LogP contribution >= 0.6 is 23.2 Å². The highest BCUT2D eigenvalue weighted by atomic mass is 35.5. The van der Waals surface area contributed by atoms with Gasteiger partial charge in [-0.25, -0.2) is 0 Å². The molecule has 5 heteroatoms. The number of benzene rings is 2. The Hall–Kier alpha value is -2.33. The van der Waals surface area contributed by atoms with Gasteiger partial charge in [-0.1, -0.05) is 99.5 Å². The number of amides is 1. The van der Waals surface area contributed by atoms with Crippen LogP contribution < -0.4 is 5.32 Å². The van der Waals surface area contributed by atoms with Crippen molar-refractivity contribution >= 4 is 29.1 Å².